The van der Waals surface area contributed by atoms with Crippen LogP contribution in [0.3, 0.4) is 0 Å². The Morgan fingerprint density at radius 2 is 1.17 bits per heavy atom. The zero-order valence-electron chi connectivity index (χ0n) is 19.3. The molecule has 0 aliphatic heterocycles. The minimum absolute atomic E-state index is 0.155. The molecule has 2 rings (SSSR count). The van der Waals surface area contributed by atoms with Crippen LogP contribution >= 0.6 is 0 Å². The largest absolute Gasteiger partial charge is 0.514 e. The van der Waals surface area contributed by atoms with Crippen LogP contribution in [-0.4, -0.2) is 11.8 Å². The highest BCUT2D eigenvalue weighted by molar-refractivity contribution is 5.64. The third kappa shape index (κ3) is 5.62. The summed E-state index contributed by atoms with van der Waals surface area (Å²) in [5.74, 6) is 0.487. The first kappa shape index (κ1) is 23.0. The maximum atomic E-state index is 12.0. The highest BCUT2D eigenvalue weighted by Gasteiger charge is 2.25. The van der Waals surface area contributed by atoms with Gasteiger partial charge >= 0.3 is 6.16 Å². The van der Waals surface area contributed by atoms with E-state index in [2.05, 4.69) is 58.9 Å². The highest BCUT2D eigenvalue weighted by Crippen LogP contribution is 2.34. The van der Waals surface area contributed by atoms with Crippen LogP contribution in [0.1, 0.15) is 84.9 Å². The smallest absolute Gasteiger partial charge is 0.428 e. The Morgan fingerprint density at radius 1 is 0.724 bits per heavy atom. The molecule has 0 fully saturated rings. The molecule has 3 heteroatoms. The molecule has 0 N–H and O–H groups in total. The first-order chi connectivity index (χ1) is 13.4. The van der Waals surface area contributed by atoms with Crippen LogP contribution < -0.4 is 4.74 Å². The summed E-state index contributed by atoms with van der Waals surface area (Å²) in [5.41, 5.74) is 3.27. The average Bonchev–Trinajstić information content (AvgIpc) is 2.68. The van der Waals surface area contributed by atoms with E-state index in [4.69, 9.17) is 9.47 Å². The SMILES string of the molecule is CCC(C)(C)OC(=O)Oc1ccc(C(C)(C)c2ccc(C(C)(C)CC)cc2)cc1. The van der Waals surface area contributed by atoms with Gasteiger partial charge in [0.1, 0.15) is 11.4 Å². The quantitative estimate of drug-likeness (QED) is 0.361. The predicted molar refractivity (Wildman–Crippen MR) is 120 cm³/mol. The molecule has 0 saturated carbocycles. The Hall–Kier alpha value is -2.29. The normalized spacial score (nSPS) is 12.6. The second kappa shape index (κ2) is 8.61. The van der Waals surface area contributed by atoms with Gasteiger partial charge in [-0.05, 0) is 60.9 Å². The number of rotatable bonds is 7. The van der Waals surface area contributed by atoms with E-state index in [1.807, 2.05) is 45.0 Å². The summed E-state index contributed by atoms with van der Waals surface area (Å²) in [7, 11) is 0. The van der Waals surface area contributed by atoms with Crippen molar-refractivity contribution in [1.82, 2.24) is 0 Å². The topological polar surface area (TPSA) is 35.5 Å². The van der Waals surface area contributed by atoms with Gasteiger partial charge in [-0.25, -0.2) is 4.79 Å². The molecule has 2 aromatic carbocycles. The number of hydrogen-bond acceptors (Lipinski definition) is 3. The maximum absolute atomic E-state index is 12.0. The second-order valence-corrected chi connectivity index (χ2v) is 9.53. The van der Waals surface area contributed by atoms with Gasteiger partial charge in [-0.15, -0.1) is 0 Å². The van der Waals surface area contributed by atoms with Crippen LogP contribution in [0.15, 0.2) is 48.5 Å². The molecule has 0 amide bonds. The molecule has 29 heavy (non-hydrogen) atoms. The van der Waals surface area contributed by atoms with Crippen LogP contribution in [0.25, 0.3) is 0 Å². The third-order valence-corrected chi connectivity index (χ3v) is 6.26. The molecule has 0 bridgehead atoms. The van der Waals surface area contributed by atoms with Gasteiger partial charge in [0.2, 0.25) is 0 Å². The third-order valence-electron chi connectivity index (χ3n) is 6.26. The molecule has 3 nitrogen and oxygen atoms in total. The van der Waals surface area contributed by atoms with E-state index in [1.165, 1.54) is 11.1 Å². The molecular weight excluding hydrogens is 360 g/mol. The van der Waals surface area contributed by atoms with Crippen molar-refractivity contribution >= 4 is 6.16 Å². The lowest BCUT2D eigenvalue weighted by Crippen LogP contribution is -2.28. The summed E-state index contributed by atoms with van der Waals surface area (Å²) in [6, 6.07) is 16.6. The van der Waals surface area contributed by atoms with Gasteiger partial charge in [0, 0.05) is 5.41 Å². The van der Waals surface area contributed by atoms with Crippen LogP contribution in [0.2, 0.25) is 0 Å². The highest BCUT2D eigenvalue weighted by atomic mass is 16.7. The van der Waals surface area contributed by atoms with Crippen molar-refractivity contribution < 1.29 is 14.3 Å². The summed E-state index contributed by atoms with van der Waals surface area (Å²) >= 11 is 0. The first-order valence-corrected chi connectivity index (χ1v) is 10.5. The van der Waals surface area contributed by atoms with E-state index in [-0.39, 0.29) is 10.8 Å². The van der Waals surface area contributed by atoms with Gasteiger partial charge in [-0.3, -0.25) is 0 Å². The zero-order valence-corrected chi connectivity index (χ0v) is 19.3. The zero-order chi connectivity index (χ0) is 21.9. The fourth-order valence-corrected chi connectivity index (χ4v) is 3.06. The van der Waals surface area contributed by atoms with E-state index >= 15 is 0 Å². The Bertz CT molecular complexity index is 812. The molecule has 0 atom stereocenters. The summed E-state index contributed by atoms with van der Waals surface area (Å²) in [6.07, 6.45) is 1.16. The van der Waals surface area contributed by atoms with Crippen molar-refractivity contribution in [1.29, 1.82) is 0 Å². The van der Waals surface area contributed by atoms with Crippen LogP contribution in [0, 0.1) is 0 Å². The number of ether oxygens (including phenoxy) is 2. The van der Waals surface area contributed by atoms with E-state index in [1.54, 1.807) is 0 Å². The molecule has 0 unspecified atom stereocenters. The lowest BCUT2D eigenvalue weighted by molar-refractivity contribution is 0.00706. The number of carbonyl (C=O) groups is 1. The average molecular weight is 397 g/mol. The van der Waals surface area contributed by atoms with Gasteiger partial charge in [0.15, 0.2) is 0 Å². The Labute approximate surface area is 176 Å². The molecule has 0 aromatic heterocycles. The number of hydrogen-bond donors (Lipinski definition) is 0. The molecule has 158 valence electrons. The number of benzene rings is 2. The fraction of sp³-hybridized carbons (Fsp3) is 0.500. The minimum atomic E-state index is -0.669. The van der Waals surface area contributed by atoms with E-state index < -0.39 is 11.8 Å². The molecule has 0 aliphatic carbocycles. The fourth-order valence-electron chi connectivity index (χ4n) is 3.06. The lowest BCUT2D eigenvalue weighted by Gasteiger charge is -2.28. The van der Waals surface area contributed by atoms with Crippen molar-refractivity contribution in [2.24, 2.45) is 0 Å². The summed E-state index contributed by atoms with van der Waals surface area (Å²) in [5, 5.41) is 0. The molecule has 0 spiro atoms. The molecule has 2 aromatic rings. The van der Waals surface area contributed by atoms with Crippen molar-refractivity contribution in [2.45, 2.75) is 84.7 Å². The van der Waals surface area contributed by atoms with Crippen molar-refractivity contribution in [2.75, 3.05) is 0 Å². The van der Waals surface area contributed by atoms with E-state index in [9.17, 15) is 4.79 Å². The molecule has 0 saturated heterocycles. The van der Waals surface area contributed by atoms with Gasteiger partial charge in [0.05, 0.1) is 0 Å². The van der Waals surface area contributed by atoms with Crippen LogP contribution in [0.5, 0.6) is 5.75 Å². The minimum Gasteiger partial charge on any atom is -0.428 e. The predicted octanol–water partition coefficient (Wildman–Crippen LogP) is 7.40. The van der Waals surface area contributed by atoms with E-state index in [0.29, 0.717) is 5.75 Å². The number of carbonyl (C=O) groups excluding carboxylic acids is 1. The Morgan fingerprint density at radius 3 is 1.62 bits per heavy atom. The van der Waals surface area contributed by atoms with Crippen LogP contribution in [-0.2, 0) is 15.6 Å². The molecule has 0 aliphatic rings. The summed E-state index contributed by atoms with van der Waals surface area (Å²) in [6.45, 7) is 16.9. The summed E-state index contributed by atoms with van der Waals surface area (Å²) in [4.78, 5) is 12.0. The molecular formula is C26H36O3. The first-order valence-electron chi connectivity index (χ1n) is 10.5. The standard InChI is InChI=1S/C26H36O3/c1-9-24(3,4)19-11-13-20(14-12-19)26(7,8)21-15-17-22(18-16-21)28-23(27)29-25(5,6)10-2/h11-18H,9-10H2,1-8H3. The molecule has 0 radical (unpaired) electrons. The van der Waals surface area contributed by atoms with Gasteiger partial charge in [-0.2, -0.15) is 0 Å². The monoisotopic (exact) mass is 396 g/mol. The van der Waals surface area contributed by atoms with Crippen molar-refractivity contribution in [3.05, 3.63) is 65.2 Å². The second-order valence-electron chi connectivity index (χ2n) is 9.53. The maximum Gasteiger partial charge on any atom is 0.514 e. The van der Waals surface area contributed by atoms with E-state index in [0.717, 1.165) is 18.4 Å². The summed E-state index contributed by atoms with van der Waals surface area (Å²) < 4.78 is 10.7. The lowest BCUT2D eigenvalue weighted by atomic mass is 9.76. The molecule has 0 heterocycles. The van der Waals surface area contributed by atoms with Gasteiger partial charge < -0.3 is 9.47 Å². The van der Waals surface area contributed by atoms with Gasteiger partial charge in [-0.1, -0.05) is 77.9 Å². The van der Waals surface area contributed by atoms with Crippen LogP contribution in [0.4, 0.5) is 4.79 Å². The van der Waals surface area contributed by atoms with Crippen molar-refractivity contribution in [3.8, 4) is 5.75 Å². The van der Waals surface area contributed by atoms with Gasteiger partial charge in [0.25, 0.3) is 0 Å². The van der Waals surface area contributed by atoms with Crippen molar-refractivity contribution in [3.63, 3.8) is 0 Å². The Kier molecular flexibility index (Phi) is 6.82. The Balaban J connectivity index is 2.14.